The molecule has 3 fully saturated rings. The van der Waals surface area contributed by atoms with Gasteiger partial charge in [0.2, 0.25) is 0 Å². The molecule has 3 nitrogen and oxygen atoms in total. The van der Waals surface area contributed by atoms with E-state index in [-0.39, 0.29) is 11.2 Å². The van der Waals surface area contributed by atoms with Gasteiger partial charge in [0.25, 0.3) is 0 Å². The van der Waals surface area contributed by atoms with Crippen LogP contribution >= 0.6 is 0 Å². The van der Waals surface area contributed by atoms with E-state index >= 15 is 0 Å². The van der Waals surface area contributed by atoms with Crippen molar-refractivity contribution in [2.24, 2.45) is 35.0 Å². The molecule has 0 aromatic heterocycles. The van der Waals surface area contributed by atoms with Crippen molar-refractivity contribution in [1.82, 2.24) is 0 Å². The summed E-state index contributed by atoms with van der Waals surface area (Å²) < 4.78 is 0. The van der Waals surface area contributed by atoms with Gasteiger partial charge in [-0.1, -0.05) is 19.4 Å². The Kier molecular flexibility index (Phi) is 3.62. The predicted molar refractivity (Wildman–Crippen MR) is 92.3 cm³/mol. The van der Waals surface area contributed by atoms with Gasteiger partial charge in [-0.2, -0.15) is 0 Å². The average Bonchev–Trinajstić information content (AvgIpc) is 2.79. The van der Waals surface area contributed by atoms with Crippen LogP contribution in [0.1, 0.15) is 65.7 Å². The third kappa shape index (κ3) is 2.00. The minimum Gasteiger partial charge on any atom is -0.382 e. The quantitative estimate of drug-likeness (QED) is 0.797. The molecule has 0 radical (unpaired) electrons. The van der Waals surface area contributed by atoms with E-state index in [0.717, 1.165) is 32.1 Å². The third-order valence-corrected chi connectivity index (χ3v) is 8.36. The smallest absolute Gasteiger partial charge is 0.161 e. The molecule has 0 aromatic carbocycles. The van der Waals surface area contributed by atoms with Crippen molar-refractivity contribution in [1.29, 1.82) is 0 Å². The Hall–Kier alpha value is -0.960. The van der Waals surface area contributed by atoms with Gasteiger partial charge >= 0.3 is 0 Å². The Morgan fingerprint density at radius 2 is 1.96 bits per heavy atom. The van der Waals surface area contributed by atoms with Crippen LogP contribution in [0.15, 0.2) is 11.6 Å². The summed E-state index contributed by atoms with van der Waals surface area (Å²) in [6.07, 6.45) is 8.44. The number of hydrogen-bond donors (Lipinski definition) is 1. The summed E-state index contributed by atoms with van der Waals surface area (Å²) in [5.74, 6) is 2.96. The zero-order valence-corrected chi connectivity index (χ0v) is 15.2. The molecule has 4 aliphatic carbocycles. The first-order valence-electron chi connectivity index (χ1n) is 9.74. The van der Waals surface area contributed by atoms with Crippen molar-refractivity contribution < 1.29 is 14.7 Å². The first-order valence-corrected chi connectivity index (χ1v) is 9.74. The van der Waals surface area contributed by atoms with Gasteiger partial charge in [0, 0.05) is 11.8 Å². The Labute approximate surface area is 144 Å². The second-order valence-electron chi connectivity index (χ2n) is 9.28. The molecular weight excluding hydrogens is 300 g/mol. The van der Waals surface area contributed by atoms with Crippen LogP contribution in [0.5, 0.6) is 0 Å². The van der Waals surface area contributed by atoms with Crippen molar-refractivity contribution in [3.05, 3.63) is 11.6 Å². The number of hydrogen-bond acceptors (Lipinski definition) is 3. The zero-order valence-electron chi connectivity index (χ0n) is 15.2. The van der Waals surface area contributed by atoms with Gasteiger partial charge in [0.15, 0.2) is 11.6 Å². The number of ketones is 2. The highest BCUT2D eigenvalue weighted by atomic mass is 16.3. The Morgan fingerprint density at radius 1 is 1.21 bits per heavy atom. The van der Waals surface area contributed by atoms with E-state index < -0.39 is 5.60 Å². The largest absolute Gasteiger partial charge is 0.382 e. The summed E-state index contributed by atoms with van der Waals surface area (Å²) in [7, 11) is 0. The first-order chi connectivity index (χ1) is 11.3. The summed E-state index contributed by atoms with van der Waals surface area (Å²) in [4.78, 5) is 24.1. The minimum absolute atomic E-state index is 0.0426. The molecule has 0 spiro atoms. The minimum atomic E-state index is -1.12. The van der Waals surface area contributed by atoms with Gasteiger partial charge in [0.05, 0.1) is 0 Å². The number of Topliss-reactive ketones (excluding diaryl/α,β-unsaturated/α-hetero) is 1. The van der Waals surface area contributed by atoms with Crippen molar-refractivity contribution in [2.75, 3.05) is 0 Å². The topological polar surface area (TPSA) is 54.4 Å². The van der Waals surface area contributed by atoms with E-state index in [4.69, 9.17) is 0 Å². The first kappa shape index (κ1) is 16.5. The molecule has 3 saturated carbocycles. The van der Waals surface area contributed by atoms with Crippen LogP contribution in [0.25, 0.3) is 0 Å². The van der Waals surface area contributed by atoms with Crippen LogP contribution in [-0.2, 0) is 9.59 Å². The third-order valence-electron chi connectivity index (χ3n) is 8.36. The zero-order chi connectivity index (χ0) is 17.3. The molecule has 4 rings (SSSR count). The van der Waals surface area contributed by atoms with E-state index in [2.05, 4.69) is 13.8 Å². The summed E-state index contributed by atoms with van der Waals surface area (Å²) in [6, 6.07) is 0. The van der Waals surface area contributed by atoms with Crippen molar-refractivity contribution in [3.8, 4) is 0 Å². The van der Waals surface area contributed by atoms with Crippen LogP contribution < -0.4 is 0 Å². The van der Waals surface area contributed by atoms with Gasteiger partial charge in [0.1, 0.15) is 5.60 Å². The number of rotatable bonds is 1. The fourth-order valence-corrected chi connectivity index (χ4v) is 7.21. The molecule has 7 unspecified atom stereocenters. The molecule has 4 aliphatic rings. The van der Waals surface area contributed by atoms with Crippen molar-refractivity contribution in [2.45, 2.75) is 71.3 Å². The Morgan fingerprint density at radius 3 is 2.67 bits per heavy atom. The van der Waals surface area contributed by atoms with Crippen molar-refractivity contribution >= 4 is 11.6 Å². The van der Waals surface area contributed by atoms with Gasteiger partial charge in [-0.05, 0) is 81.1 Å². The fraction of sp³-hybridized carbons (Fsp3) is 0.810. The highest BCUT2D eigenvalue weighted by molar-refractivity contribution is 5.91. The maximum Gasteiger partial charge on any atom is 0.161 e. The second-order valence-corrected chi connectivity index (χ2v) is 9.28. The Bertz CT molecular complexity index is 621. The molecular formula is C21H30O3. The van der Waals surface area contributed by atoms with Gasteiger partial charge in [-0.3, -0.25) is 9.59 Å². The van der Waals surface area contributed by atoms with E-state index in [1.165, 1.54) is 5.57 Å². The summed E-state index contributed by atoms with van der Waals surface area (Å²) in [5, 5.41) is 11.1. The number of aliphatic hydroxyl groups is 1. The molecule has 0 aromatic rings. The number of carbonyl (C=O) groups excluding carboxylic acids is 2. The van der Waals surface area contributed by atoms with Crippen LogP contribution in [0.4, 0.5) is 0 Å². The summed E-state index contributed by atoms with van der Waals surface area (Å²) in [6.45, 7) is 5.98. The summed E-state index contributed by atoms with van der Waals surface area (Å²) >= 11 is 0. The summed E-state index contributed by atoms with van der Waals surface area (Å²) in [5.41, 5.74) is 0.0189. The van der Waals surface area contributed by atoms with Crippen LogP contribution in [0.2, 0.25) is 0 Å². The molecule has 7 atom stereocenters. The highest BCUT2D eigenvalue weighted by Gasteiger charge is 2.64. The molecule has 0 saturated heterocycles. The maximum absolute atomic E-state index is 12.2. The average molecular weight is 330 g/mol. The highest BCUT2D eigenvalue weighted by Crippen LogP contribution is 2.65. The fourth-order valence-electron chi connectivity index (χ4n) is 7.21. The van der Waals surface area contributed by atoms with Crippen LogP contribution in [0.3, 0.4) is 0 Å². The monoisotopic (exact) mass is 330 g/mol. The predicted octanol–water partition coefficient (Wildman–Crippen LogP) is 3.69. The lowest BCUT2D eigenvalue weighted by molar-refractivity contribution is -0.158. The van der Waals surface area contributed by atoms with Gasteiger partial charge in [-0.15, -0.1) is 0 Å². The molecule has 0 aliphatic heterocycles. The van der Waals surface area contributed by atoms with E-state index in [1.807, 2.05) is 6.08 Å². The standard InChI is InChI=1S/C21H30O3/c1-12-10-15(23)11-14-4-5-16-17(19(12)14)6-8-20(3)18(16)7-9-21(20,24)13(2)22/h11-12,16-19,24H,4-10H2,1-3H3. The maximum atomic E-state index is 12.2. The van der Waals surface area contributed by atoms with E-state index in [0.29, 0.717) is 48.2 Å². The van der Waals surface area contributed by atoms with Gasteiger partial charge < -0.3 is 5.11 Å². The molecule has 24 heavy (non-hydrogen) atoms. The van der Waals surface area contributed by atoms with Gasteiger partial charge in [-0.25, -0.2) is 0 Å². The lowest BCUT2D eigenvalue weighted by Crippen LogP contribution is -2.56. The van der Waals surface area contributed by atoms with E-state index in [9.17, 15) is 14.7 Å². The van der Waals surface area contributed by atoms with Crippen LogP contribution in [0, 0.1) is 35.0 Å². The molecule has 132 valence electrons. The normalized spacial score (nSPS) is 50.6. The molecule has 1 N–H and O–H groups in total. The Balaban J connectivity index is 1.67. The van der Waals surface area contributed by atoms with Crippen LogP contribution in [-0.4, -0.2) is 22.3 Å². The van der Waals surface area contributed by atoms with Crippen molar-refractivity contribution in [3.63, 3.8) is 0 Å². The number of fused-ring (bicyclic) bond motifs is 5. The molecule has 0 heterocycles. The number of allylic oxidation sites excluding steroid dienone is 1. The lowest BCUT2D eigenvalue weighted by atomic mass is 9.49. The second kappa shape index (κ2) is 5.27. The lowest BCUT2D eigenvalue weighted by Gasteiger charge is -2.56. The molecule has 0 amide bonds. The number of carbonyl (C=O) groups is 2. The molecule has 0 bridgehead atoms. The molecule has 3 heteroatoms. The van der Waals surface area contributed by atoms with E-state index in [1.54, 1.807) is 6.92 Å². The SMILES string of the molecule is CC(=O)C1(O)CCC2C3CCC4=CC(=O)CC(C)C4C3CCC21C.